The molecule has 1 aliphatic carbocycles. The summed E-state index contributed by atoms with van der Waals surface area (Å²) < 4.78 is 0. The van der Waals surface area contributed by atoms with Crippen molar-refractivity contribution in [1.29, 1.82) is 0 Å². The highest BCUT2D eigenvalue weighted by atomic mass is 35.5. The van der Waals surface area contributed by atoms with Crippen molar-refractivity contribution < 1.29 is 9.59 Å². The van der Waals surface area contributed by atoms with Gasteiger partial charge >= 0.3 is 0 Å². The maximum absolute atomic E-state index is 13.3. The average molecular weight is 516 g/mol. The van der Waals surface area contributed by atoms with Crippen LogP contribution in [0.3, 0.4) is 0 Å². The molecule has 2 amide bonds. The third kappa shape index (κ3) is 6.23. The van der Waals surface area contributed by atoms with E-state index in [0.717, 1.165) is 36.8 Å². The average Bonchev–Trinajstić information content (AvgIpc) is 2.96. The van der Waals surface area contributed by atoms with E-state index in [4.69, 9.17) is 23.2 Å². The Morgan fingerprint density at radius 3 is 2.47 bits per heavy atom. The van der Waals surface area contributed by atoms with Crippen LogP contribution in [-0.4, -0.2) is 28.8 Å². The highest BCUT2D eigenvalue weighted by molar-refractivity contribution is 8.14. The van der Waals surface area contributed by atoms with Crippen molar-refractivity contribution in [1.82, 2.24) is 5.32 Å². The van der Waals surface area contributed by atoms with Crippen LogP contribution >= 0.6 is 35.0 Å². The Labute approximate surface area is 214 Å². The van der Waals surface area contributed by atoms with Gasteiger partial charge in [0.05, 0.1) is 21.5 Å². The Morgan fingerprint density at radius 2 is 1.79 bits per heavy atom. The first kappa shape index (κ1) is 24.8. The molecule has 1 N–H and O–H groups in total. The number of carbonyl (C=O) groups is 2. The van der Waals surface area contributed by atoms with Crippen LogP contribution in [0.15, 0.2) is 53.2 Å². The summed E-state index contributed by atoms with van der Waals surface area (Å²) in [4.78, 5) is 32.1. The van der Waals surface area contributed by atoms with Crippen molar-refractivity contribution in [3.05, 3.63) is 69.3 Å². The van der Waals surface area contributed by atoms with E-state index in [9.17, 15) is 9.59 Å². The zero-order valence-corrected chi connectivity index (χ0v) is 21.3. The van der Waals surface area contributed by atoms with Crippen LogP contribution in [0.2, 0.25) is 10.0 Å². The fourth-order valence-electron chi connectivity index (χ4n) is 4.10. The molecule has 4 rings (SSSR count). The van der Waals surface area contributed by atoms with Gasteiger partial charge in [-0.25, -0.2) is 4.99 Å². The molecule has 8 heteroatoms. The van der Waals surface area contributed by atoms with Crippen LogP contribution in [0, 0.1) is 6.92 Å². The second-order valence-electron chi connectivity index (χ2n) is 8.62. The summed E-state index contributed by atoms with van der Waals surface area (Å²) in [5, 5.41) is 4.50. The second kappa shape index (κ2) is 11.4. The minimum Gasteiger partial charge on any atom is -0.353 e. The van der Waals surface area contributed by atoms with Crippen LogP contribution in [0.25, 0.3) is 6.08 Å². The number of aliphatic imine (C=N–C) groups is 1. The SMILES string of the molecule is Cc1ccc(N2C(=O)/C(=C/c3ccc(Cl)c(Cl)c3)N=C2SCC(=O)NC2CCCCCC2)cc1. The summed E-state index contributed by atoms with van der Waals surface area (Å²) in [6.45, 7) is 1.99. The van der Waals surface area contributed by atoms with Crippen LogP contribution in [0.4, 0.5) is 5.69 Å². The van der Waals surface area contributed by atoms with Gasteiger partial charge in [0.2, 0.25) is 5.91 Å². The van der Waals surface area contributed by atoms with Crippen molar-refractivity contribution >= 4 is 63.7 Å². The molecule has 34 heavy (non-hydrogen) atoms. The Bertz CT molecular complexity index is 1120. The third-order valence-electron chi connectivity index (χ3n) is 5.92. The zero-order chi connectivity index (χ0) is 24.1. The second-order valence-corrected chi connectivity index (χ2v) is 10.4. The molecule has 5 nitrogen and oxygen atoms in total. The molecule has 1 heterocycles. The molecule has 1 aliphatic heterocycles. The van der Waals surface area contributed by atoms with Crippen LogP contribution in [0.1, 0.15) is 49.7 Å². The maximum atomic E-state index is 13.3. The van der Waals surface area contributed by atoms with E-state index in [0.29, 0.717) is 20.9 Å². The van der Waals surface area contributed by atoms with Crippen molar-refractivity contribution in [2.45, 2.75) is 51.5 Å². The Morgan fingerprint density at radius 1 is 1.09 bits per heavy atom. The highest BCUT2D eigenvalue weighted by Gasteiger charge is 2.32. The van der Waals surface area contributed by atoms with E-state index in [1.165, 1.54) is 24.6 Å². The van der Waals surface area contributed by atoms with Gasteiger partial charge in [-0.3, -0.25) is 14.5 Å². The van der Waals surface area contributed by atoms with E-state index in [-0.39, 0.29) is 29.3 Å². The summed E-state index contributed by atoms with van der Waals surface area (Å²) >= 11 is 13.4. The molecule has 2 aliphatic rings. The molecule has 178 valence electrons. The Balaban J connectivity index is 1.54. The summed E-state index contributed by atoms with van der Waals surface area (Å²) in [5.74, 6) is -0.0789. The molecule has 0 unspecified atom stereocenters. The number of hydrogen-bond acceptors (Lipinski definition) is 4. The number of rotatable bonds is 5. The number of nitrogens with zero attached hydrogens (tertiary/aromatic N) is 2. The van der Waals surface area contributed by atoms with Gasteiger partial charge in [0.25, 0.3) is 5.91 Å². The lowest BCUT2D eigenvalue weighted by Gasteiger charge is -2.19. The lowest BCUT2D eigenvalue weighted by atomic mass is 10.1. The lowest BCUT2D eigenvalue weighted by molar-refractivity contribution is -0.119. The summed E-state index contributed by atoms with van der Waals surface area (Å²) in [6, 6.07) is 13.1. The Kier molecular flexibility index (Phi) is 8.35. The van der Waals surface area contributed by atoms with Gasteiger partial charge in [0.15, 0.2) is 5.17 Å². The van der Waals surface area contributed by atoms with Gasteiger partial charge in [-0.1, -0.05) is 84.4 Å². The van der Waals surface area contributed by atoms with Gasteiger partial charge in [-0.2, -0.15) is 0 Å². The number of aryl methyl sites for hydroxylation is 1. The normalized spacial score (nSPS) is 18.2. The molecule has 0 radical (unpaired) electrons. The van der Waals surface area contributed by atoms with Crippen molar-refractivity contribution in [3.63, 3.8) is 0 Å². The topological polar surface area (TPSA) is 61.8 Å². The van der Waals surface area contributed by atoms with Gasteiger partial charge < -0.3 is 5.32 Å². The number of carbonyl (C=O) groups excluding carboxylic acids is 2. The number of amidine groups is 1. The summed E-state index contributed by atoms with van der Waals surface area (Å²) in [7, 11) is 0. The summed E-state index contributed by atoms with van der Waals surface area (Å²) in [5.41, 5.74) is 2.81. The van der Waals surface area contributed by atoms with Gasteiger partial charge in [-0.15, -0.1) is 0 Å². The molecule has 0 saturated heterocycles. The standard InChI is InChI=1S/C26H27Cl2N3O2S/c1-17-8-11-20(12-9-17)31-25(33)23(15-18-10-13-21(27)22(28)14-18)30-26(31)34-16-24(32)29-19-6-4-2-3-5-7-19/h8-15,19H,2-7,16H2,1H3,(H,29,32)/b23-15-. The first-order valence-corrected chi connectivity index (χ1v) is 13.2. The smallest absolute Gasteiger partial charge is 0.283 e. The van der Waals surface area contributed by atoms with E-state index >= 15 is 0 Å². The first-order chi connectivity index (χ1) is 16.4. The number of anilines is 1. The Hall–Kier alpha value is -2.28. The van der Waals surface area contributed by atoms with E-state index < -0.39 is 0 Å². The van der Waals surface area contributed by atoms with Crippen LogP contribution in [-0.2, 0) is 9.59 Å². The quantitative estimate of drug-likeness (QED) is 0.359. The van der Waals surface area contributed by atoms with Crippen molar-refractivity contribution in [3.8, 4) is 0 Å². The lowest BCUT2D eigenvalue weighted by Crippen LogP contribution is -2.37. The van der Waals surface area contributed by atoms with E-state index in [1.54, 1.807) is 29.2 Å². The largest absolute Gasteiger partial charge is 0.353 e. The zero-order valence-electron chi connectivity index (χ0n) is 19.0. The molecule has 0 atom stereocenters. The molecule has 0 spiro atoms. The van der Waals surface area contributed by atoms with Crippen LogP contribution in [0.5, 0.6) is 0 Å². The molecule has 0 aromatic heterocycles. The molecular formula is C26H27Cl2N3O2S. The number of halogens is 2. The number of nitrogens with one attached hydrogen (secondary N) is 1. The van der Waals surface area contributed by atoms with Gasteiger partial charge in [-0.05, 0) is 55.7 Å². The molecule has 1 saturated carbocycles. The minimum atomic E-state index is -0.249. The number of amides is 2. The fourth-order valence-corrected chi connectivity index (χ4v) is 5.23. The highest BCUT2D eigenvalue weighted by Crippen LogP contribution is 2.31. The number of thioether (sulfide) groups is 1. The predicted octanol–water partition coefficient (Wildman–Crippen LogP) is 6.62. The third-order valence-corrected chi connectivity index (χ3v) is 7.60. The number of benzene rings is 2. The summed E-state index contributed by atoms with van der Waals surface area (Å²) in [6.07, 6.45) is 8.53. The van der Waals surface area contributed by atoms with Crippen molar-refractivity contribution in [2.75, 3.05) is 10.7 Å². The molecule has 1 fully saturated rings. The van der Waals surface area contributed by atoms with Gasteiger partial charge in [0, 0.05) is 6.04 Å². The molecule has 0 bridgehead atoms. The monoisotopic (exact) mass is 515 g/mol. The van der Waals surface area contributed by atoms with Crippen LogP contribution < -0.4 is 10.2 Å². The predicted molar refractivity (Wildman–Crippen MR) is 143 cm³/mol. The first-order valence-electron chi connectivity index (χ1n) is 11.5. The molecular weight excluding hydrogens is 489 g/mol. The molecule has 2 aromatic carbocycles. The number of hydrogen-bond donors (Lipinski definition) is 1. The maximum Gasteiger partial charge on any atom is 0.283 e. The van der Waals surface area contributed by atoms with E-state index in [2.05, 4.69) is 10.3 Å². The van der Waals surface area contributed by atoms with Gasteiger partial charge in [0.1, 0.15) is 5.70 Å². The molecule has 2 aromatic rings. The minimum absolute atomic E-state index is 0.0298. The van der Waals surface area contributed by atoms with Crippen molar-refractivity contribution in [2.24, 2.45) is 4.99 Å². The fraction of sp³-hybridized carbons (Fsp3) is 0.346. The van der Waals surface area contributed by atoms with E-state index in [1.807, 2.05) is 31.2 Å².